The smallest absolute Gasteiger partial charge is 0.303 e. The molecule has 6 nitrogen and oxygen atoms in total. The SMILES string of the molecule is O=C(O)CCCc1cc(C2CCCCC2)c(O)c(-n2nc3ccc(Cl)cc3n2)c1. The lowest BCUT2D eigenvalue weighted by molar-refractivity contribution is -0.137. The Morgan fingerprint density at radius 3 is 2.62 bits per heavy atom. The van der Waals surface area contributed by atoms with E-state index in [1.54, 1.807) is 18.2 Å². The van der Waals surface area contributed by atoms with Crippen molar-refractivity contribution in [2.45, 2.75) is 57.3 Å². The summed E-state index contributed by atoms with van der Waals surface area (Å²) >= 11 is 6.07. The number of aromatic hydroxyl groups is 1. The molecular weight excluding hydrogens is 390 g/mol. The van der Waals surface area contributed by atoms with E-state index < -0.39 is 5.97 Å². The van der Waals surface area contributed by atoms with Crippen LogP contribution in [0, 0.1) is 0 Å². The molecule has 1 aromatic heterocycles. The molecule has 0 atom stereocenters. The molecular formula is C22H24ClN3O3. The van der Waals surface area contributed by atoms with E-state index in [9.17, 15) is 9.90 Å². The predicted molar refractivity (Wildman–Crippen MR) is 112 cm³/mol. The highest BCUT2D eigenvalue weighted by molar-refractivity contribution is 6.31. The number of hydrogen-bond acceptors (Lipinski definition) is 4. The Morgan fingerprint density at radius 1 is 1.10 bits per heavy atom. The van der Waals surface area contributed by atoms with Gasteiger partial charge in [0.1, 0.15) is 22.5 Å². The number of carboxylic acids is 1. The summed E-state index contributed by atoms with van der Waals surface area (Å²) in [7, 11) is 0. The van der Waals surface area contributed by atoms with E-state index in [1.165, 1.54) is 11.2 Å². The number of carbonyl (C=O) groups is 1. The second kappa shape index (κ2) is 8.41. The standard InChI is InChI=1S/C22H24ClN3O3/c23-16-9-10-18-19(13-16)25-26(24-18)20-12-14(5-4-8-21(27)28)11-17(22(20)29)15-6-2-1-3-7-15/h9-13,15,29H,1-8H2,(H,27,28). The number of carboxylic acid groups (broad SMARTS) is 1. The first-order valence-electron chi connectivity index (χ1n) is 10.1. The maximum absolute atomic E-state index is 11.1. The van der Waals surface area contributed by atoms with Crippen LogP contribution in [-0.2, 0) is 11.2 Å². The Morgan fingerprint density at radius 2 is 1.86 bits per heavy atom. The van der Waals surface area contributed by atoms with E-state index in [0.717, 1.165) is 36.8 Å². The van der Waals surface area contributed by atoms with Crippen molar-refractivity contribution in [1.29, 1.82) is 0 Å². The number of aliphatic carboxylic acids is 1. The Labute approximate surface area is 174 Å². The molecule has 1 heterocycles. The molecule has 0 radical (unpaired) electrons. The maximum Gasteiger partial charge on any atom is 0.303 e. The molecule has 152 valence electrons. The molecule has 0 bridgehead atoms. The third-order valence-corrected chi connectivity index (χ3v) is 5.87. The molecule has 0 unspecified atom stereocenters. The lowest BCUT2D eigenvalue weighted by Gasteiger charge is -2.24. The number of aromatic nitrogens is 3. The summed E-state index contributed by atoms with van der Waals surface area (Å²) in [5.74, 6) is -0.278. The maximum atomic E-state index is 11.1. The zero-order valence-electron chi connectivity index (χ0n) is 16.1. The van der Waals surface area contributed by atoms with Gasteiger partial charge in [0, 0.05) is 11.4 Å². The van der Waals surface area contributed by atoms with E-state index in [-0.39, 0.29) is 12.2 Å². The molecule has 7 heteroatoms. The van der Waals surface area contributed by atoms with Crippen LogP contribution in [0.5, 0.6) is 5.75 Å². The molecule has 1 aliphatic carbocycles. The second-order valence-corrected chi connectivity index (χ2v) is 8.19. The monoisotopic (exact) mass is 413 g/mol. The van der Waals surface area contributed by atoms with Gasteiger partial charge < -0.3 is 10.2 Å². The molecule has 4 rings (SSSR count). The molecule has 2 N–H and O–H groups in total. The number of rotatable bonds is 6. The molecule has 0 amide bonds. The lowest BCUT2D eigenvalue weighted by Crippen LogP contribution is -2.09. The zero-order valence-corrected chi connectivity index (χ0v) is 16.9. The molecule has 1 aliphatic rings. The van der Waals surface area contributed by atoms with Gasteiger partial charge in [0.2, 0.25) is 0 Å². The number of fused-ring (bicyclic) bond motifs is 1. The van der Waals surface area contributed by atoms with Gasteiger partial charge in [0.25, 0.3) is 0 Å². The van der Waals surface area contributed by atoms with E-state index in [2.05, 4.69) is 10.2 Å². The van der Waals surface area contributed by atoms with Crippen molar-refractivity contribution in [3.05, 3.63) is 46.5 Å². The number of halogens is 1. The van der Waals surface area contributed by atoms with Gasteiger partial charge >= 0.3 is 5.97 Å². The number of hydrogen-bond donors (Lipinski definition) is 2. The summed E-state index contributed by atoms with van der Waals surface area (Å²) in [6.45, 7) is 0. The summed E-state index contributed by atoms with van der Waals surface area (Å²) in [5, 5.41) is 29.6. The zero-order chi connectivity index (χ0) is 20.4. The summed E-state index contributed by atoms with van der Waals surface area (Å²) in [6.07, 6.45) is 6.95. The van der Waals surface area contributed by atoms with Gasteiger partial charge in [-0.2, -0.15) is 0 Å². The first-order valence-corrected chi connectivity index (χ1v) is 10.5. The quantitative estimate of drug-likeness (QED) is 0.577. The van der Waals surface area contributed by atoms with Crippen LogP contribution in [0.1, 0.15) is 62.0 Å². The average Bonchev–Trinajstić information content (AvgIpc) is 3.12. The van der Waals surface area contributed by atoms with E-state index in [0.29, 0.717) is 40.5 Å². The molecule has 0 spiro atoms. The fourth-order valence-electron chi connectivity index (χ4n) is 4.16. The van der Waals surface area contributed by atoms with Gasteiger partial charge in [0.05, 0.1) is 0 Å². The van der Waals surface area contributed by atoms with Crippen molar-refractivity contribution in [2.24, 2.45) is 0 Å². The molecule has 1 saturated carbocycles. The number of benzene rings is 2. The largest absolute Gasteiger partial charge is 0.505 e. The van der Waals surface area contributed by atoms with Crippen LogP contribution in [0.15, 0.2) is 30.3 Å². The highest BCUT2D eigenvalue weighted by atomic mass is 35.5. The molecule has 1 fully saturated rings. The summed E-state index contributed by atoms with van der Waals surface area (Å²) in [4.78, 5) is 12.4. The van der Waals surface area contributed by atoms with Crippen LogP contribution >= 0.6 is 11.6 Å². The van der Waals surface area contributed by atoms with Crippen LogP contribution in [0.2, 0.25) is 5.02 Å². The minimum Gasteiger partial charge on any atom is -0.505 e. The van der Waals surface area contributed by atoms with Gasteiger partial charge in [-0.25, -0.2) is 0 Å². The summed E-state index contributed by atoms with van der Waals surface area (Å²) in [6, 6.07) is 9.21. The minimum absolute atomic E-state index is 0.122. The Bertz CT molecular complexity index is 1040. The molecule has 0 saturated heterocycles. The second-order valence-electron chi connectivity index (χ2n) is 7.76. The molecule has 0 aliphatic heterocycles. The van der Waals surface area contributed by atoms with E-state index in [1.807, 2.05) is 12.1 Å². The normalized spacial score (nSPS) is 15.1. The van der Waals surface area contributed by atoms with Crippen molar-refractivity contribution in [3.63, 3.8) is 0 Å². The average molecular weight is 414 g/mol. The lowest BCUT2D eigenvalue weighted by atomic mass is 9.82. The fourth-order valence-corrected chi connectivity index (χ4v) is 4.33. The van der Waals surface area contributed by atoms with Crippen molar-refractivity contribution >= 4 is 28.6 Å². The van der Waals surface area contributed by atoms with Crippen molar-refractivity contribution in [3.8, 4) is 11.4 Å². The summed E-state index contributed by atoms with van der Waals surface area (Å²) in [5.41, 5.74) is 3.81. The van der Waals surface area contributed by atoms with Crippen molar-refractivity contribution < 1.29 is 15.0 Å². The summed E-state index contributed by atoms with van der Waals surface area (Å²) < 4.78 is 0. The van der Waals surface area contributed by atoms with Crippen molar-refractivity contribution in [1.82, 2.24) is 15.0 Å². The van der Waals surface area contributed by atoms with Crippen LogP contribution in [0.4, 0.5) is 0 Å². The van der Waals surface area contributed by atoms with Gasteiger partial charge in [-0.1, -0.05) is 36.9 Å². The van der Waals surface area contributed by atoms with Crippen LogP contribution in [-0.4, -0.2) is 31.2 Å². The molecule has 29 heavy (non-hydrogen) atoms. The first-order chi connectivity index (χ1) is 14.0. The number of aryl methyl sites for hydroxylation is 1. The van der Waals surface area contributed by atoms with Crippen LogP contribution < -0.4 is 0 Å². The first kappa shape index (κ1) is 19.7. The topological polar surface area (TPSA) is 88.2 Å². The number of phenols is 1. The third kappa shape index (κ3) is 4.37. The van der Waals surface area contributed by atoms with Gasteiger partial charge in [-0.3, -0.25) is 4.79 Å². The van der Waals surface area contributed by atoms with Gasteiger partial charge in [0.15, 0.2) is 0 Å². The number of nitrogens with zero attached hydrogens (tertiary/aromatic N) is 3. The Balaban J connectivity index is 1.76. The minimum atomic E-state index is -0.798. The van der Waals surface area contributed by atoms with Gasteiger partial charge in [-0.15, -0.1) is 15.0 Å². The van der Waals surface area contributed by atoms with E-state index >= 15 is 0 Å². The highest BCUT2D eigenvalue weighted by Crippen LogP contribution is 2.40. The predicted octanol–water partition coefficient (Wildman–Crippen LogP) is 5.23. The Hall–Kier alpha value is -2.60. The molecule has 3 aromatic rings. The molecule has 2 aromatic carbocycles. The van der Waals surface area contributed by atoms with Crippen molar-refractivity contribution in [2.75, 3.05) is 0 Å². The Kier molecular flexibility index (Phi) is 5.72. The van der Waals surface area contributed by atoms with Crippen LogP contribution in [0.3, 0.4) is 0 Å². The van der Waals surface area contributed by atoms with Crippen LogP contribution in [0.25, 0.3) is 16.7 Å². The van der Waals surface area contributed by atoms with E-state index in [4.69, 9.17) is 16.7 Å². The highest BCUT2D eigenvalue weighted by Gasteiger charge is 2.23. The number of phenolic OH excluding ortho intramolecular Hbond substituents is 1. The van der Waals surface area contributed by atoms with Gasteiger partial charge in [-0.05, 0) is 67.0 Å². The fraction of sp³-hybridized carbons (Fsp3) is 0.409. The third-order valence-electron chi connectivity index (χ3n) is 5.64.